The molecule has 66 heavy (non-hydrogen) atoms. The fraction of sp³-hybridized carbons (Fsp3) is 0.326. The first-order valence-electron chi connectivity index (χ1n) is 21.3. The van der Waals surface area contributed by atoms with Crippen molar-refractivity contribution in [3.8, 4) is 11.4 Å². The lowest BCUT2D eigenvalue weighted by atomic mass is 10.0. The molecule has 6 amide bonds. The number of imide groups is 2. The van der Waals surface area contributed by atoms with Crippen molar-refractivity contribution in [3.05, 3.63) is 133 Å². The summed E-state index contributed by atoms with van der Waals surface area (Å²) in [6.45, 7) is 4.72. The standard InChI is InChI=1S/C46H46BrF2N9O8/c1-26-11-12-28(22-36(26)57-27(2)21-37(41(47)46(57)65)66-25-29-13-14-30(48)23-33(29)49)42(61)52-17-4-3-7-31-24-56(55-54-31)20-6-10-38(59)51-19-18-50-34-9-5-8-32-40(34)45(64)58(44(32)63)35-15-16-39(60)53-43(35)62/h5,8-9,11-14,21-24,35,50H,3-4,6-7,10,15-20,25H2,1-2H3,(H,51,59)(H,52,61)(H,53,60,62). The number of piperidine rings is 1. The maximum Gasteiger partial charge on any atom is 0.273 e. The predicted molar refractivity (Wildman–Crippen MR) is 239 cm³/mol. The lowest BCUT2D eigenvalue weighted by molar-refractivity contribution is -0.136. The van der Waals surface area contributed by atoms with Crippen LogP contribution in [-0.2, 0) is 34.0 Å². The fourth-order valence-electron chi connectivity index (χ4n) is 7.72. The van der Waals surface area contributed by atoms with Crippen LogP contribution in [0.5, 0.6) is 5.75 Å². The number of pyridine rings is 1. The van der Waals surface area contributed by atoms with Gasteiger partial charge in [-0.3, -0.25) is 53.0 Å². The number of halogens is 3. The summed E-state index contributed by atoms with van der Waals surface area (Å²) in [6.07, 6.45) is 4.70. The molecule has 5 aromatic rings. The number of hydrogen-bond acceptors (Lipinski definition) is 11. The SMILES string of the molecule is Cc1ccc(C(=O)NCCCCc2cn(CCCC(=O)NCCNc3cccc4c3C(=O)N(C3CCC(=O)NC3=O)C4=O)nn2)cc1-n1c(C)cc(OCc2ccc(F)cc2F)c(Br)c1=O. The Bertz CT molecular complexity index is 2790. The van der Waals surface area contributed by atoms with E-state index >= 15 is 0 Å². The zero-order chi connectivity index (χ0) is 47.1. The van der Waals surface area contributed by atoms with Crippen molar-refractivity contribution < 1.29 is 42.3 Å². The molecule has 7 rings (SSSR count). The zero-order valence-electron chi connectivity index (χ0n) is 36.0. The molecule has 2 aliphatic heterocycles. The van der Waals surface area contributed by atoms with Crippen LogP contribution in [0.15, 0.2) is 76.1 Å². The summed E-state index contributed by atoms with van der Waals surface area (Å²) in [4.78, 5) is 90.5. The molecule has 0 radical (unpaired) electrons. The van der Waals surface area contributed by atoms with Crippen LogP contribution in [0.3, 0.4) is 0 Å². The predicted octanol–water partition coefficient (Wildman–Crippen LogP) is 4.83. The number of fused-ring (bicyclic) bond motifs is 1. The molecule has 1 unspecified atom stereocenters. The number of aromatic nitrogens is 4. The van der Waals surface area contributed by atoms with Crippen LogP contribution in [0.4, 0.5) is 14.5 Å². The lowest BCUT2D eigenvalue weighted by Gasteiger charge is -2.27. The minimum Gasteiger partial charge on any atom is -0.487 e. The molecule has 344 valence electrons. The van der Waals surface area contributed by atoms with E-state index < -0.39 is 46.9 Å². The Hall–Kier alpha value is -7.09. The van der Waals surface area contributed by atoms with Gasteiger partial charge in [0.05, 0.1) is 22.5 Å². The highest BCUT2D eigenvalue weighted by molar-refractivity contribution is 9.10. The highest BCUT2D eigenvalue weighted by atomic mass is 79.9. The van der Waals surface area contributed by atoms with Gasteiger partial charge in [-0.15, -0.1) is 5.10 Å². The monoisotopic (exact) mass is 969 g/mol. The van der Waals surface area contributed by atoms with E-state index in [1.807, 2.05) is 13.1 Å². The van der Waals surface area contributed by atoms with E-state index in [1.165, 1.54) is 16.7 Å². The topological polar surface area (TPSA) is 216 Å². The number of ether oxygens (including phenoxy) is 1. The molecule has 17 nitrogen and oxygen atoms in total. The quantitative estimate of drug-likeness (QED) is 0.0650. The molecule has 4 N–H and O–H groups in total. The minimum absolute atomic E-state index is 0.0266. The second-order valence-electron chi connectivity index (χ2n) is 15.9. The summed E-state index contributed by atoms with van der Waals surface area (Å²) in [7, 11) is 0. The summed E-state index contributed by atoms with van der Waals surface area (Å²) >= 11 is 3.31. The fourth-order valence-corrected chi connectivity index (χ4v) is 8.13. The third-order valence-electron chi connectivity index (χ3n) is 11.2. The summed E-state index contributed by atoms with van der Waals surface area (Å²) in [5, 5.41) is 19.4. The molecular formula is C46H46BrF2N9O8. The van der Waals surface area contributed by atoms with Crippen LogP contribution < -0.4 is 31.6 Å². The first-order valence-corrected chi connectivity index (χ1v) is 22.1. The number of rotatable bonds is 19. The van der Waals surface area contributed by atoms with Crippen molar-refractivity contribution in [1.82, 2.24) is 40.4 Å². The Balaban J connectivity index is 0.802. The lowest BCUT2D eigenvalue weighted by Crippen LogP contribution is -2.54. The van der Waals surface area contributed by atoms with Gasteiger partial charge in [0.25, 0.3) is 23.3 Å². The summed E-state index contributed by atoms with van der Waals surface area (Å²) < 4.78 is 36.4. The van der Waals surface area contributed by atoms with E-state index in [1.54, 1.807) is 48.0 Å². The van der Waals surface area contributed by atoms with Gasteiger partial charge in [-0.1, -0.05) is 17.3 Å². The van der Waals surface area contributed by atoms with Crippen molar-refractivity contribution in [2.75, 3.05) is 25.0 Å². The number of unbranched alkanes of at least 4 members (excludes halogenated alkanes) is 1. The number of amides is 6. The molecule has 0 bridgehead atoms. The first-order chi connectivity index (χ1) is 31.7. The van der Waals surface area contributed by atoms with Gasteiger partial charge in [-0.2, -0.15) is 0 Å². The highest BCUT2D eigenvalue weighted by Gasteiger charge is 2.45. The summed E-state index contributed by atoms with van der Waals surface area (Å²) in [6, 6.07) is 13.6. The van der Waals surface area contributed by atoms with E-state index in [2.05, 4.69) is 47.5 Å². The van der Waals surface area contributed by atoms with Gasteiger partial charge in [0.2, 0.25) is 17.7 Å². The number of nitrogens with zero attached hydrogens (tertiary/aromatic N) is 5. The number of benzene rings is 3. The maximum absolute atomic E-state index is 14.2. The van der Waals surface area contributed by atoms with Crippen molar-refractivity contribution in [3.63, 3.8) is 0 Å². The third-order valence-corrected chi connectivity index (χ3v) is 11.9. The van der Waals surface area contributed by atoms with Crippen LogP contribution in [-0.4, -0.2) is 85.6 Å². The maximum atomic E-state index is 14.2. The number of anilines is 1. The number of nitrogens with one attached hydrogen (secondary N) is 4. The second kappa shape index (κ2) is 20.8. The van der Waals surface area contributed by atoms with Crippen molar-refractivity contribution in [2.24, 2.45) is 0 Å². The normalized spacial score (nSPS) is 14.6. The van der Waals surface area contributed by atoms with Crippen molar-refractivity contribution in [1.29, 1.82) is 0 Å². The van der Waals surface area contributed by atoms with Gasteiger partial charge in [0.15, 0.2) is 0 Å². The summed E-state index contributed by atoms with van der Waals surface area (Å²) in [5.41, 5.74) is 3.32. The molecular weight excluding hydrogens is 924 g/mol. The Morgan fingerprint density at radius 3 is 2.53 bits per heavy atom. The number of carbonyl (C=O) groups is 6. The average molecular weight is 971 g/mol. The van der Waals surface area contributed by atoms with E-state index in [4.69, 9.17) is 4.74 Å². The molecule has 1 atom stereocenters. The Morgan fingerprint density at radius 1 is 0.924 bits per heavy atom. The van der Waals surface area contributed by atoms with Gasteiger partial charge >= 0.3 is 0 Å². The molecule has 0 saturated carbocycles. The van der Waals surface area contributed by atoms with Crippen LogP contribution >= 0.6 is 15.9 Å². The molecule has 20 heteroatoms. The molecule has 0 spiro atoms. The van der Waals surface area contributed by atoms with Gasteiger partial charge in [0, 0.05) is 79.9 Å². The van der Waals surface area contributed by atoms with Gasteiger partial charge in [0.1, 0.15) is 34.5 Å². The van der Waals surface area contributed by atoms with Gasteiger partial charge in [-0.05, 0) is 104 Å². The smallest absolute Gasteiger partial charge is 0.273 e. The zero-order valence-corrected chi connectivity index (χ0v) is 37.6. The third kappa shape index (κ3) is 10.7. The Morgan fingerprint density at radius 2 is 1.74 bits per heavy atom. The van der Waals surface area contributed by atoms with E-state index in [0.717, 1.165) is 34.7 Å². The number of carbonyl (C=O) groups excluding carboxylic acids is 6. The molecule has 3 aromatic carbocycles. The molecule has 1 fully saturated rings. The Labute approximate surface area is 385 Å². The minimum atomic E-state index is -1.06. The van der Waals surface area contributed by atoms with Crippen LogP contribution in [0.2, 0.25) is 0 Å². The number of aryl methyl sites for hydroxylation is 4. The second-order valence-corrected chi connectivity index (χ2v) is 16.7. The van der Waals surface area contributed by atoms with Crippen LogP contribution in [0.25, 0.3) is 5.69 Å². The van der Waals surface area contributed by atoms with E-state index in [0.29, 0.717) is 55.0 Å². The van der Waals surface area contributed by atoms with Crippen LogP contribution in [0, 0.1) is 25.5 Å². The molecule has 2 aliphatic rings. The molecule has 4 heterocycles. The van der Waals surface area contributed by atoms with Crippen molar-refractivity contribution in [2.45, 2.75) is 78.0 Å². The highest BCUT2D eigenvalue weighted by Crippen LogP contribution is 2.32. The van der Waals surface area contributed by atoms with E-state index in [9.17, 15) is 42.3 Å². The van der Waals surface area contributed by atoms with Gasteiger partial charge < -0.3 is 20.7 Å². The number of hydrogen-bond donors (Lipinski definition) is 4. The summed E-state index contributed by atoms with van der Waals surface area (Å²) in [5.74, 6) is -4.10. The largest absolute Gasteiger partial charge is 0.487 e. The van der Waals surface area contributed by atoms with Gasteiger partial charge in [-0.25, -0.2) is 8.78 Å². The average Bonchev–Trinajstić information content (AvgIpc) is 3.84. The van der Waals surface area contributed by atoms with Crippen molar-refractivity contribution >= 4 is 57.1 Å². The Kier molecular flexibility index (Phi) is 14.8. The first kappa shape index (κ1) is 46.9. The molecule has 0 aliphatic carbocycles. The van der Waals surface area contributed by atoms with E-state index in [-0.39, 0.29) is 77.7 Å². The molecule has 2 aromatic heterocycles. The molecule has 1 saturated heterocycles. The van der Waals surface area contributed by atoms with Crippen LogP contribution in [0.1, 0.15) is 92.1 Å².